The Morgan fingerprint density at radius 1 is 1.00 bits per heavy atom. The molecular weight excluding hydrogens is 682 g/mol. The number of β-amino-alcohol motifs (C(OH)–C–C–N with tert-alkyl or cyclic N) is 1. The van der Waals surface area contributed by atoms with Gasteiger partial charge in [-0.1, -0.05) is 38.1 Å². The number of aryl methyl sites for hydroxylation is 1. The van der Waals surface area contributed by atoms with Gasteiger partial charge in [-0.15, -0.1) is 11.3 Å². The fraction of sp³-hybridized carbons (Fsp3) is 0.629. The second-order valence-electron chi connectivity index (χ2n) is 13.9. The maximum atomic E-state index is 13.5. The molecule has 1 aliphatic rings. The molecule has 0 radical (unpaired) electrons. The van der Waals surface area contributed by atoms with Gasteiger partial charge in [-0.2, -0.15) is 0 Å². The smallest absolute Gasteiger partial charge is 0.407 e. The number of aliphatic hydroxyl groups excluding tert-OH is 1. The van der Waals surface area contributed by atoms with E-state index in [1.165, 1.54) is 4.90 Å². The van der Waals surface area contributed by atoms with Crippen molar-refractivity contribution in [3.63, 3.8) is 0 Å². The van der Waals surface area contributed by atoms with Gasteiger partial charge in [-0.3, -0.25) is 9.59 Å². The molecule has 1 aliphatic heterocycles. The largest absolute Gasteiger partial charge is 0.463 e. The number of nitrogens with one attached hydrogen (secondary N) is 2. The number of alkyl carbamates (subject to hydrolysis) is 1. The molecular formula is C35H53N5O10S. The van der Waals surface area contributed by atoms with Crippen molar-refractivity contribution < 1.29 is 48.0 Å². The summed E-state index contributed by atoms with van der Waals surface area (Å²) in [7, 11) is 0. The van der Waals surface area contributed by atoms with Crippen LogP contribution in [0.15, 0.2) is 29.8 Å². The molecule has 0 aliphatic carbocycles. The summed E-state index contributed by atoms with van der Waals surface area (Å²) >= 11 is 1.56. The van der Waals surface area contributed by atoms with Gasteiger partial charge < -0.3 is 50.1 Å². The van der Waals surface area contributed by atoms with Crippen molar-refractivity contribution in [1.82, 2.24) is 20.5 Å². The average Bonchev–Trinajstić information content (AvgIpc) is 3.69. The Kier molecular flexibility index (Phi) is 16.2. The van der Waals surface area contributed by atoms with Crippen molar-refractivity contribution in [2.24, 2.45) is 11.1 Å². The van der Waals surface area contributed by atoms with Crippen molar-refractivity contribution in [2.45, 2.75) is 78.3 Å². The van der Waals surface area contributed by atoms with Gasteiger partial charge in [0.2, 0.25) is 11.8 Å². The van der Waals surface area contributed by atoms with Crippen molar-refractivity contribution in [3.05, 3.63) is 41.0 Å². The molecule has 3 amide bonds. The zero-order chi connectivity index (χ0) is 37.6. The van der Waals surface area contributed by atoms with E-state index >= 15 is 0 Å². The lowest BCUT2D eigenvalue weighted by Crippen LogP contribution is -2.56. The number of aromatic nitrogens is 1. The van der Waals surface area contributed by atoms with E-state index in [0.29, 0.717) is 26.4 Å². The van der Waals surface area contributed by atoms with Gasteiger partial charge in [0.05, 0.1) is 67.9 Å². The Morgan fingerprint density at radius 2 is 1.65 bits per heavy atom. The highest BCUT2D eigenvalue weighted by molar-refractivity contribution is 7.13. The third kappa shape index (κ3) is 14.1. The van der Waals surface area contributed by atoms with E-state index in [-0.39, 0.29) is 51.8 Å². The van der Waals surface area contributed by atoms with Crippen LogP contribution in [-0.2, 0) is 44.6 Å². The number of likely N-dealkylation sites (tertiary alicyclic amines) is 1. The predicted molar refractivity (Wildman–Crippen MR) is 190 cm³/mol. The first-order valence-corrected chi connectivity index (χ1v) is 17.8. The number of thiazole rings is 1. The van der Waals surface area contributed by atoms with Gasteiger partial charge in [-0.05, 0) is 38.8 Å². The van der Waals surface area contributed by atoms with E-state index in [9.17, 15) is 24.3 Å². The van der Waals surface area contributed by atoms with Gasteiger partial charge in [0.1, 0.15) is 18.2 Å². The maximum Gasteiger partial charge on any atom is 0.407 e. The van der Waals surface area contributed by atoms with Crippen LogP contribution in [0.2, 0.25) is 0 Å². The number of nitrogens with two attached hydrogens (primary N) is 1. The molecule has 2 aromatic rings. The molecule has 15 nitrogen and oxygen atoms in total. The van der Waals surface area contributed by atoms with Crippen molar-refractivity contribution in [2.75, 3.05) is 59.3 Å². The van der Waals surface area contributed by atoms with Gasteiger partial charge in [0.25, 0.3) is 0 Å². The SMILES string of the molecule is Cc1ncsc1-c1ccc(CNC(=O)[C@@H]2C[C@@H](O)CN2C(=O)[C@@H](N)C(C)(C)COC(=O)COCCOCCOCCNC(=O)OC(C)(C)C)cc1. The molecule has 1 fully saturated rings. The van der Waals surface area contributed by atoms with Crippen molar-refractivity contribution in [3.8, 4) is 10.4 Å². The van der Waals surface area contributed by atoms with Gasteiger partial charge in [0.15, 0.2) is 0 Å². The highest BCUT2D eigenvalue weighted by Crippen LogP contribution is 2.28. The fourth-order valence-electron chi connectivity index (χ4n) is 5.01. The van der Waals surface area contributed by atoms with Crippen LogP contribution in [-0.4, -0.2) is 122 Å². The number of carbonyl (C=O) groups excluding carboxylic acids is 4. The normalized spacial score (nSPS) is 16.8. The molecule has 0 bridgehead atoms. The van der Waals surface area contributed by atoms with E-state index in [1.54, 1.807) is 51.5 Å². The Bertz CT molecular complexity index is 1430. The lowest BCUT2D eigenvalue weighted by molar-refractivity contribution is -0.155. The number of rotatable bonds is 19. The fourth-order valence-corrected chi connectivity index (χ4v) is 5.82. The number of benzene rings is 1. The third-order valence-corrected chi connectivity index (χ3v) is 8.86. The number of carbonyl (C=O) groups is 4. The molecule has 16 heteroatoms. The Hall–Kier alpha value is -3.67. The highest BCUT2D eigenvalue weighted by Gasteiger charge is 2.44. The van der Waals surface area contributed by atoms with Gasteiger partial charge in [-0.25, -0.2) is 14.6 Å². The minimum atomic E-state index is -1.11. The van der Waals surface area contributed by atoms with Crippen LogP contribution in [0.5, 0.6) is 0 Å². The summed E-state index contributed by atoms with van der Waals surface area (Å²) in [5.74, 6) is -1.54. The number of esters is 1. The summed E-state index contributed by atoms with van der Waals surface area (Å²) in [6.45, 7) is 12.0. The quantitative estimate of drug-likeness (QED) is 0.121. The monoisotopic (exact) mass is 735 g/mol. The number of ether oxygens (including phenoxy) is 5. The van der Waals surface area contributed by atoms with E-state index < -0.39 is 47.2 Å². The molecule has 1 aromatic carbocycles. The minimum Gasteiger partial charge on any atom is -0.463 e. The van der Waals surface area contributed by atoms with Crippen LogP contribution in [0.3, 0.4) is 0 Å². The van der Waals surface area contributed by atoms with Gasteiger partial charge >= 0.3 is 12.1 Å². The predicted octanol–water partition coefficient (Wildman–Crippen LogP) is 2.17. The standard InChI is InChI=1S/C35H53N5O10S/c1-23-29(51-22-39-23)25-9-7-24(8-10-25)18-38-31(43)27-17-26(41)19-40(27)32(44)30(36)35(5,6)21-49-28(42)20-48-16-15-47-14-13-46-12-11-37-33(45)50-34(2,3)4/h7-10,22,26-27,30,41H,11-21,36H2,1-6H3,(H,37,45)(H,38,43)/t26-,27+,30-/m1/s1. The summed E-state index contributed by atoms with van der Waals surface area (Å²) in [5.41, 5.74) is 9.50. The summed E-state index contributed by atoms with van der Waals surface area (Å²) in [4.78, 5) is 57.2. The number of hydrogen-bond donors (Lipinski definition) is 4. The maximum absolute atomic E-state index is 13.5. The summed E-state index contributed by atoms with van der Waals surface area (Å²) in [6.07, 6.45) is -1.29. The van der Waals surface area contributed by atoms with Crippen molar-refractivity contribution >= 4 is 35.2 Å². The molecule has 1 saturated heterocycles. The van der Waals surface area contributed by atoms with Crippen LogP contribution in [0, 0.1) is 12.3 Å². The second-order valence-corrected chi connectivity index (χ2v) is 14.8. The molecule has 2 heterocycles. The van der Waals surface area contributed by atoms with Crippen LogP contribution in [0.4, 0.5) is 4.79 Å². The molecule has 1 aromatic heterocycles. The molecule has 3 atom stereocenters. The Balaban J connectivity index is 1.32. The average molecular weight is 736 g/mol. The molecule has 5 N–H and O–H groups in total. The van der Waals surface area contributed by atoms with Crippen molar-refractivity contribution in [1.29, 1.82) is 0 Å². The molecule has 0 spiro atoms. The number of aliphatic hydroxyl groups is 1. The molecule has 0 unspecified atom stereocenters. The zero-order valence-electron chi connectivity index (χ0n) is 30.4. The molecule has 51 heavy (non-hydrogen) atoms. The van der Waals surface area contributed by atoms with Crippen LogP contribution < -0.4 is 16.4 Å². The Morgan fingerprint density at radius 3 is 2.27 bits per heavy atom. The first kappa shape index (κ1) is 41.7. The second kappa shape index (κ2) is 19.8. The lowest BCUT2D eigenvalue weighted by Gasteiger charge is -2.34. The van der Waals surface area contributed by atoms with E-state index in [2.05, 4.69) is 15.6 Å². The van der Waals surface area contributed by atoms with Crippen LogP contribution in [0.1, 0.15) is 52.3 Å². The summed E-state index contributed by atoms with van der Waals surface area (Å²) < 4.78 is 26.6. The number of hydrogen-bond acceptors (Lipinski definition) is 13. The minimum absolute atomic E-state index is 0.0310. The van der Waals surface area contributed by atoms with Crippen LogP contribution >= 0.6 is 11.3 Å². The first-order valence-electron chi connectivity index (χ1n) is 16.9. The Labute approximate surface area is 303 Å². The summed E-state index contributed by atoms with van der Waals surface area (Å²) in [6, 6.07) is 5.80. The van der Waals surface area contributed by atoms with E-state index in [0.717, 1.165) is 21.7 Å². The van der Waals surface area contributed by atoms with E-state index in [4.69, 9.17) is 29.4 Å². The highest BCUT2D eigenvalue weighted by atomic mass is 32.1. The number of nitrogens with zero attached hydrogens (tertiary/aromatic N) is 2. The molecule has 284 valence electrons. The van der Waals surface area contributed by atoms with Crippen LogP contribution in [0.25, 0.3) is 10.4 Å². The first-order chi connectivity index (χ1) is 24.1. The number of amides is 3. The molecule has 0 saturated carbocycles. The van der Waals surface area contributed by atoms with E-state index in [1.807, 2.05) is 31.2 Å². The topological polar surface area (TPSA) is 201 Å². The summed E-state index contributed by atoms with van der Waals surface area (Å²) in [5, 5.41) is 15.8. The molecule has 3 rings (SSSR count). The third-order valence-electron chi connectivity index (χ3n) is 7.88. The van der Waals surface area contributed by atoms with Gasteiger partial charge in [0, 0.05) is 31.5 Å². The lowest BCUT2D eigenvalue weighted by atomic mass is 9.85. The zero-order valence-corrected chi connectivity index (χ0v) is 31.2.